The fourth-order valence-electron chi connectivity index (χ4n) is 2.09. The number of aromatic nitrogens is 1. The first kappa shape index (κ1) is 19.8. The fraction of sp³-hybridized carbons (Fsp3) is 0.0588. The monoisotopic (exact) mass is 462 g/mol. The number of carbonyl (C=O) groups is 1. The summed E-state index contributed by atoms with van der Waals surface area (Å²) in [6.07, 6.45) is 0. The summed E-state index contributed by atoms with van der Waals surface area (Å²) < 4.78 is 0.769. The van der Waals surface area contributed by atoms with Crippen molar-refractivity contribution in [3.05, 3.63) is 61.9 Å². The number of halogens is 4. The molecule has 9 heteroatoms. The SMILES string of the molecule is O=C(CSc1nc(-c2ccc(Cl)cc2Cl)cs1)Nc1cc(Cl)cc(Cl)c1. The molecule has 3 rings (SSSR count). The van der Waals surface area contributed by atoms with Crippen LogP contribution in [0.2, 0.25) is 20.1 Å². The van der Waals surface area contributed by atoms with E-state index in [-0.39, 0.29) is 11.7 Å². The van der Waals surface area contributed by atoms with E-state index in [1.54, 1.807) is 30.3 Å². The van der Waals surface area contributed by atoms with Crippen LogP contribution < -0.4 is 5.32 Å². The lowest BCUT2D eigenvalue weighted by molar-refractivity contribution is -0.113. The largest absolute Gasteiger partial charge is 0.325 e. The number of nitrogens with one attached hydrogen (secondary N) is 1. The topological polar surface area (TPSA) is 42.0 Å². The molecule has 0 aliphatic heterocycles. The third-order valence-corrected chi connectivity index (χ3v) is 6.17. The molecular weight excluding hydrogens is 454 g/mol. The van der Waals surface area contributed by atoms with E-state index >= 15 is 0 Å². The van der Waals surface area contributed by atoms with E-state index in [4.69, 9.17) is 46.4 Å². The van der Waals surface area contributed by atoms with Crippen LogP contribution in [-0.4, -0.2) is 16.6 Å². The number of benzene rings is 2. The molecule has 0 saturated heterocycles. The number of rotatable bonds is 5. The molecule has 0 aliphatic carbocycles. The van der Waals surface area contributed by atoms with Gasteiger partial charge in [0, 0.05) is 31.7 Å². The van der Waals surface area contributed by atoms with E-state index in [2.05, 4.69) is 10.3 Å². The molecule has 0 saturated carbocycles. The number of thioether (sulfide) groups is 1. The summed E-state index contributed by atoms with van der Waals surface area (Å²) in [6.45, 7) is 0. The Balaban J connectivity index is 1.61. The maximum atomic E-state index is 12.1. The Kier molecular flexibility index (Phi) is 6.72. The minimum absolute atomic E-state index is 0.172. The van der Waals surface area contributed by atoms with Crippen LogP contribution in [0.25, 0.3) is 11.3 Å². The normalized spacial score (nSPS) is 10.8. The van der Waals surface area contributed by atoms with Crippen LogP contribution in [0.5, 0.6) is 0 Å². The van der Waals surface area contributed by atoms with Gasteiger partial charge in [-0.25, -0.2) is 4.98 Å². The van der Waals surface area contributed by atoms with Crippen molar-refractivity contribution >= 4 is 81.1 Å². The van der Waals surface area contributed by atoms with Gasteiger partial charge >= 0.3 is 0 Å². The average molecular weight is 464 g/mol. The van der Waals surface area contributed by atoms with Crippen LogP contribution in [-0.2, 0) is 4.79 Å². The van der Waals surface area contributed by atoms with Gasteiger partial charge in [-0.05, 0) is 36.4 Å². The van der Waals surface area contributed by atoms with Crippen LogP contribution in [0.3, 0.4) is 0 Å². The molecule has 26 heavy (non-hydrogen) atoms. The maximum absolute atomic E-state index is 12.1. The van der Waals surface area contributed by atoms with Crippen molar-refractivity contribution in [1.29, 1.82) is 0 Å². The molecule has 0 unspecified atom stereocenters. The molecule has 1 heterocycles. The molecule has 0 aliphatic rings. The number of anilines is 1. The molecular formula is C17H10Cl4N2OS2. The van der Waals surface area contributed by atoms with E-state index in [1.165, 1.54) is 23.1 Å². The second-order valence-corrected chi connectivity index (χ2v) is 8.91. The van der Waals surface area contributed by atoms with Crippen LogP contribution in [0.4, 0.5) is 5.69 Å². The predicted octanol–water partition coefficient (Wildman–Crippen LogP) is 7.15. The van der Waals surface area contributed by atoms with Gasteiger partial charge in [0.05, 0.1) is 16.5 Å². The molecule has 3 aromatic rings. The predicted molar refractivity (Wildman–Crippen MR) is 113 cm³/mol. The summed E-state index contributed by atoms with van der Waals surface area (Å²) in [4.78, 5) is 16.6. The van der Waals surface area contributed by atoms with Crippen molar-refractivity contribution in [3.63, 3.8) is 0 Å². The average Bonchev–Trinajstić information content (AvgIpc) is 3.00. The second-order valence-electron chi connectivity index (χ2n) is 5.12. The highest BCUT2D eigenvalue weighted by Gasteiger charge is 2.11. The van der Waals surface area contributed by atoms with Crippen LogP contribution in [0, 0.1) is 0 Å². The summed E-state index contributed by atoms with van der Waals surface area (Å²) in [7, 11) is 0. The van der Waals surface area contributed by atoms with Crippen molar-refractivity contribution in [1.82, 2.24) is 4.98 Å². The Bertz CT molecular complexity index is 941. The Morgan fingerprint density at radius 3 is 2.46 bits per heavy atom. The quantitative estimate of drug-likeness (QED) is 0.408. The highest BCUT2D eigenvalue weighted by atomic mass is 35.5. The van der Waals surface area contributed by atoms with Crippen molar-refractivity contribution in [2.45, 2.75) is 4.34 Å². The van der Waals surface area contributed by atoms with Gasteiger partial charge in [-0.15, -0.1) is 11.3 Å². The van der Waals surface area contributed by atoms with E-state index in [9.17, 15) is 4.79 Å². The molecule has 134 valence electrons. The lowest BCUT2D eigenvalue weighted by Crippen LogP contribution is -2.13. The molecule has 0 bridgehead atoms. The highest BCUT2D eigenvalue weighted by Crippen LogP contribution is 2.33. The van der Waals surface area contributed by atoms with Gasteiger partial charge in [0.2, 0.25) is 5.91 Å². The van der Waals surface area contributed by atoms with Crippen molar-refractivity contribution in [2.75, 3.05) is 11.1 Å². The first-order valence-electron chi connectivity index (χ1n) is 7.20. The number of amides is 1. The van der Waals surface area contributed by atoms with Crippen molar-refractivity contribution < 1.29 is 4.79 Å². The standard InChI is InChI=1S/C17H10Cl4N2OS2/c18-9-1-2-13(14(21)6-9)15-7-25-17(23-15)26-8-16(24)22-12-4-10(19)3-11(20)5-12/h1-7H,8H2,(H,22,24). The minimum atomic E-state index is -0.172. The first-order chi connectivity index (χ1) is 12.4. The summed E-state index contributed by atoms with van der Waals surface area (Å²) in [6, 6.07) is 10.1. The Hall–Kier alpha value is -0.950. The van der Waals surface area contributed by atoms with Crippen LogP contribution in [0.15, 0.2) is 46.1 Å². The van der Waals surface area contributed by atoms with Gasteiger partial charge in [0.15, 0.2) is 4.34 Å². The van der Waals surface area contributed by atoms with Gasteiger partial charge in [-0.2, -0.15) is 0 Å². The molecule has 1 amide bonds. The van der Waals surface area contributed by atoms with E-state index in [0.29, 0.717) is 25.8 Å². The summed E-state index contributed by atoms with van der Waals surface area (Å²) in [5, 5.41) is 6.69. The number of thiazole rings is 1. The van der Waals surface area contributed by atoms with E-state index in [0.717, 1.165) is 15.6 Å². The molecule has 0 spiro atoms. The van der Waals surface area contributed by atoms with E-state index in [1.807, 2.05) is 11.4 Å². The molecule has 1 aromatic heterocycles. The Morgan fingerprint density at radius 2 is 1.77 bits per heavy atom. The lowest BCUT2D eigenvalue weighted by Gasteiger charge is -2.05. The van der Waals surface area contributed by atoms with Gasteiger partial charge in [-0.3, -0.25) is 4.79 Å². The van der Waals surface area contributed by atoms with Crippen molar-refractivity contribution in [3.8, 4) is 11.3 Å². The highest BCUT2D eigenvalue weighted by molar-refractivity contribution is 8.01. The van der Waals surface area contributed by atoms with E-state index < -0.39 is 0 Å². The summed E-state index contributed by atoms with van der Waals surface area (Å²) >= 11 is 26.7. The van der Waals surface area contributed by atoms with Gasteiger partial charge in [-0.1, -0.05) is 58.2 Å². The molecule has 1 N–H and O–H groups in total. The molecule has 2 aromatic carbocycles. The lowest BCUT2D eigenvalue weighted by atomic mass is 10.2. The number of carbonyl (C=O) groups excluding carboxylic acids is 1. The second kappa shape index (κ2) is 8.83. The Labute approximate surface area is 178 Å². The summed E-state index contributed by atoms with van der Waals surface area (Å²) in [5.41, 5.74) is 2.11. The smallest absolute Gasteiger partial charge is 0.234 e. The zero-order chi connectivity index (χ0) is 18.7. The van der Waals surface area contributed by atoms with Gasteiger partial charge < -0.3 is 5.32 Å². The number of hydrogen-bond acceptors (Lipinski definition) is 4. The number of nitrogens with zero attached hydrogens (tertiary/aromatic N) is 1. The van der Waals surface area contributed by atoms with Crippen LogP contribution in [0.1, 0.15) is 0 Å². The zero-order valence-electron chi connectivity index (χ0n) is 12.9. The first-order valence-corrected chi connectivity index (χ1v) is 10.6. The minimum Gasteiger partial charge on any atom is -0.325 e. The third-order valence-electron chi connectivity index (χ3n) is 3.16. The van der Waals surface area contributed by atoms with Crippen LogP contribution >= 0.6 is 69.5 Å². The van der Waals surface area contributed by atoms with Gasteiger partial charge in [0.1, 0.15) is 0 Å². The third kappa shape index (κ3) is 5.28. The van der Waals surface area contributed by atoms with Crippen molar-refractivity contribution in [2.24, 2.45) is 0 Å². The Morgan fingerprint density at radius 1 is 1.04 bits per heavy atom. The molecule has 0 radical (unpaired) electrons. The van der Waals surface area contributed by atoms with Gasteiger partial charge in [0.25, 0.3) is 0 Å². The number of hydrogen-bond donors (Lipinski definition) is 1. The molecule has 3 nitrogen and oxygen atoms in total. The fourth-order valence-corrected chi connectivity index (χ4v) is 4.75. The summed E-state index contributed by atoms with van der Waals surface area (Å²) in [5.74, 6) is 0.0421. The molecule has 0 fully saturated rings. The molecule has 0 atom stereocenters. The zero-order valence-corrected chi connectivity index (χ0v) is 17.6. The maximum Gasteiger partial charge on any atom is 0.234 e.